The summed E-state index contributed by atoms with van der Waals surface area (Å²) >= 11 is 0. The van der Waals surface area contributed by atoms with Crippen molar-refractivity contribution in [1.29, 1.82) is 0 Å². The molecule has 1 N–H and O–H groups in total. The van der Waals surface area contributed by atoms with Gasteiger partial charge in [0.2, 0.25) is 0 Å². The zero-order chi connectivity index (χ0) is 13.3. The number of hydrogen-bond donors (Lipinski definition) is 1. The van der Waals surface area contributed by atoms with Crippen molar-refractivity contribution in [3.8, 4) is 0 Å². The summed E-state index contributed by atoms with van der Waals surface area (Å²) in [5.74, 6) is -2.01. The SMILES string of the molecule is CCc1cn(NC(=O)C(F)(F)F)c2cnccc12. The Labute approximate surface area is 100 Å². The quantitative estimate of drug-likeness (QED) is 0.896. The van der Waals surface area contributed by atoms with Crippen LogP contribution in [0.1, 0.15) is 12.5 Å². The van der Waals surface area contributed by atoms with E-state index < -0.39 is 12.1 Å². The predicted octanol–water partition coefficient (Wildman–Crippen LogP) is 2.23. The molecule has 0 saturated carbocycles. The highest BCUT2D eigenvalue weighted by Crippen LogP contribution is 2.21. The van der Waals surface area contributed by atoms with E-state index in [0.29, 0.717) is 11.9 Å². The summed E-state index contributed by atoms with van der Waals surface area (Å²) in [6.07, 6.45) is 0.166. The van der Waals surface area contributed by atoms with Gasteiger partial charge in [0.05, 0.1) is 11.7 Å². The molecule has 0 fully saturated rings. The molecule has 2 heterocycles. The zero-order valence-corrected chi connectivity index (χ0v) is 9.45. The molecule has 18 heavy (non-hydrogen) atoms. The minimum Gasteiger partial charge on any atom is -0.263 e. The number of aryl methyl sites for hydroxylation is 1. The van der Waals surface area contributed by atoms with Crippen molar-refractivity contribution < 1.29 is 18.0 Å². The van der Waals surface area contributed by atoms with Crippen LogP contribution >= 0.6 is 0 Å². The van der Waals surface area contributed by atoms with Gasteiger partial charge < -0.3 is 0 Å². The Morgan fingerprint density at radius 2 is 2.22 bits per heavy atom. The second kappa shape index (κ2) is 4.32. The Hall–Kier alpha value is -2.05. The van der Waals surface area contributed by atoms with Gasteiger partial charge in [-0.25, -0.2) is 0 Å². The monoisotopic (exact) mass is 257 g/mol. The van der Waals surface area contributed by atoms with Crippen LogP contribution in [0.5, 0.6) is 0 Å². The van der Waals surface area contributed by atoms with Crippen molar-refractivity contribution in [2.45, 2.75) is 19.5 Å². The fourth-order valence-corrected chi connectivity index (χ4v) is 1.69. The first-order chi connectivity index (χ1) is 8.43. The molecule has 0 saturated heterocycles. The first-order valence-electron chi connectivity index (χ1n) is 5.25. The lowest BCUT2D eigenvalue weighted by Crippen LogP contribution is -2.35. The van der Waals surface area contributed by atoms with E-state index >= 15 is 0 Å². The van der Waals surface area contributed by atoms with E-state index in [0.717, 1.165) is 15.6 Å². The molecule has 0 atom stereocenters. The molecular formula is C11H10F3N3O. The summed E-state index contributed by atoms with van der Waals surface area (Å²) in [6, 6.07) is 1.70. The summed E-state index contributed by atoms with van der Waals surface area (Å²) in [4.78, 5) is 14.7. The van der Waals surface area contributed by atoms with E-state index in [2.05, 4.69) is 4.98 Å². The molecule has 0 spiro atoms. The number of hydrogen-bond acceptors (Lipinski definition) is 2. The number of alkyl halides is 3. The molecule has 0 unspecified atom stereocenters. The Balaban J connectivity index is 2.43. The van der Waals surface area contributed by atoms with Crippen molar-refractivity contribution in [1.82, 2.24) is 9.66 Å². The second-order valence-corrected chi connectivity index (χ2v) is 3.71. The van der Waals surface area contributed by atoms with E-state index in [1.807, 2.05) is 6.92 Å². The molecule has 0 aromatic carbocycles. The van der Waals surface area contributed by atoms with Crippen LogP contribution in [0.25, 0.3) is 10.9 Å². The van der Waals surface area contributed by atoms with Gasteiger partial charge in [-0.1, -0.05) is 6.92 Å². The third-order valence-electron chi connectivity index (χ3n) is 2.55. The molecule has 2 aromatic rings. The number of nitrogens with zero attached hydrogens (tertiary/aromatic N) is 2. The fourth-order valence-electron chi connectivity index (χ4n) is 1.69. The minimum absolute atomic E-state index is 0.437. The second-order valence-electron chi connectivity index (χ2n) is 3.71. The van der Waals surface area contributed by atoms with Crippen molar-refractivity contribution in [3.05, 3.63) is 30.2 Å². The number of halogens is 3. The lowest BCUT2D eigenvalue weighted by molar-refractivity contribution is -0.168. The maximum absolute atomic E-state index is 12.2. The summed E-state index contributed by atoms with van der Waals surface area (Å²) in [5.41, 5.74) is 3.07. The van der Waals surface area contributed by atoms with Crippen molar-refractivity contribution >= 4 is 16.8 Å². The van der Waals surface area contributed by atoms with Crippen LogP contribution in [-0.2, 0) is 11.2 Å². The third-order valence-corrected chi connectivity index (χ3v) is 2.55. The molecule has 7 heteroatoms. The summed E-state index contributed by atoms with van der Waals surface area (Å²) in [6.45, 7) is 1.88. The lowest BCUT2D eigenvalue weighted by atomic mass is 10.2. The number of rotatable bonds is 2. The molecule has 2 rings (SSSR count). The van der Waals surface area contributed by atoms with Crippen molar-refractivity contribution in [3.63, 3.8) is 0 Å². The van der Waals surface area contributed by atoms with Crippen LogP contribution in [0, 0.1) is 0 Å². The summed E-state index contributed by atoms with van der Waals surface area (Å²) in [5, 5.41) is 0.773. The van der Waals surface area contributed by atoms with E-state index in [-0.39, 0.29) is 0 Å². The standard InChI is InChI=1S/C11H10F3N3O/c1-2-7-6-17(16-10(18)11(12,13)14)9-5-15-4-3-8(7)9/h3-6H,2H2,1H3,(H,16,18). The van der Waals surface area contributed by atoms with Gasteiger partial charge in [0.15, 0.2) is 0 Å². The van der Waals surface area contributed by atoms with E-state index in [1.165, 1.54) is 12.4 Å². The highest BCUT2D eigenvalue weighted by atomic mass is 19.4. The largest absolute Gasteiger partial charge is 0.472 e. The third kappa shape index (κ3) is 2.15. The van der Waals surface area contributed by atoms with Gasteiger partial charge in [0.1, 0.15) is 0 Å². The van der Waals surface area contributed by atoms with Gasteiger partial charge in [-0.3, -0.25) is 19.9 Å². The molecule has 2 aromatic heterocycles. The maximum atomic E-state index is 12.2. The Bertz CT molecular complexity index is 589. The molecule has 0 aliphatic heterocycles. The van der Waals surface area contributed by atoms with E-state index in [1.54, 1.807) is 17.7 Å². The highest BCUT2D eigenvalue weighted by molar-refractivity contribution is 5.92. The molecule has 0 aliphatic carbocycles. The Kier molecular flexibility index (Phi) is 2.98. The fraction of sp³-hybridized carbons (Fsp3) is 0.273. The first kappa shape index (κ1) is 12.4. The molecular weight excluding hydrogens is 247 g/mol. The van der Waals surface area contributed by atoms with E-state index in [4.69, 9.17) is 0 Å². The van der Waals surface area contributed by atoms with Crippen LogP contribution in [0.3, 0.4) is 0 Å². The van der Waals surface area contributed by atoms with Crippen LogP contribution in [-0.4, -0.2) is 21.7 Å². The van der Waals surface area contributed by atoms with E-state index in [9.17, 15) is 18.0 Å². The molecule has 1 amide bonds. The van der Waals surface area contributed by atoms with Gasteiger partial charge in [0.25, 0.3) is 0 Å². The Morgan fingerprint density at radius 1 is 1.50 bits per heavy atom. The highest BCUT2D eigenvalue weighted by Gasteiger charge is 2.39. The number of aromatic nitrogens is 2. The van der Waals surface area contributed by atoms with Gasteiger partial charge in [-0.15, -0.1) is 0 Å². The molecule has 0 bridgehead atoms. The normalized spacial score (nSPS) is 11.8. The predicted molar refractivity (Wildman–Crippen MR) is 59.5 cm³/mol. The number of amides is 1. The van der Waals surface area contributed by atoms with Crippen LogP contribution in [0.4, 0.5) is 13.2 Å². The van der Waals surface area contributed by atoms with Crippen LogP contribution in [0.15, 0.2) is 24.7 Å². The van der Waals surface area contributed by atoms with Crippen LogP contribution < -0.4 is 5.43 Å². The topological polar surface area (TPSA) is 46.9 Å². The zero-order valence-electron chi connectivity index (χ0n) is 9.45. The average Bonchev–Trinajstić information content (AvgIpc) is 2.67. The lowest BCUT2D eigenvalue weighted by Gasteiger charge is -2.09. The number of carbonyl (C=O) groups is 1. The van der Waals surface area contributed by atoms with Gasteiger partial charge in [-0.05, 0) is 18.1 Å². The van der Waals surface area contributed by atoms with Gasteiger partial charge in [0, 0.05) is 17.8 Å². The molecule has 0 aliphatic rings. The molecule has 0 radical (unpaired) electrons. The van der Waals surface area contributed by atoms with Crippen LogP contribution in [0.2, 0.25) is 0 Å². The average molecular weight is 257 g/mol. The van der Waals surface area contributed by atoms with Crippen molar-refractivity contribution in [2.75, 3.05) is 5.43 Å². The minimum atomic E-state index is -4.91. The Morgan fingerprint density at radius 3 is 2.83 bits per heavy atom. The number of pyridine rings is 1. The number of carbonyl (C=O) groups excluding carboxylic acids is 1. The molecule has 4 nitrogen and oxygen atoms in total. The number of nitrogens with one attached hydrogen (secondary N) is 1. The van der Waals surface area contributed by atoms with Crippen molar-refractivity contribution in [2.24, 2.45) is 0 Å². The summed E-state index contributed by atoms with van der Waals surface area (Å²) < 4.78 is 37.6. The van der Waals surface area contributed by atoms with Gasteiger partial charge >= 0.3 is 12.1 Å². The smallest absolute Gasteiger partial charge is 0.263 e. The number of fused-ring (bicyclic) bond motifs is 1. The first-order valence-corrected chi connectivity index (χ1v) is 5.25. The summed E-state index contributed by atoms with van der Waals surface area (Å²) in [7, 11) is 0. The molecule has 96 valence electrons. The van der Waals surface area contributed by atoms with Gasteiger partial charge in [-0.2, -0.15) is 13.2 Å². The maximum Gasteiger partial charge on any atom is 0.472 e.